The first kappa shape index (κ1) is 19.7. The summed E-state index contributed by atoms with van der Waals surface area (Å²) in [6, 6.07) is 7.45. The van der Waals surface area contributed by atoms with Crippen LogP contribution in [-0.4, -0.2) is 38.7 Å². The van der Waals surface area contributed by atoms with Gasteiger partial charge in [0.25, 0.3) is 5.91 Å². The van der Waals surface area contributed by atoms with E-state index in [1.807, 2.05) is 0 Å². The minimum atomic E-state index is -4.53. The molecule has 10 heteroatoms. The Labute approximate surface area is 148 Å². The highest BCUT2D eigenvalue weighted by Gasteiger charge is 2.33. The number of sulfone groups is 1. The molecule has 0 bridgehead atoms. The van der Waals surface area contributed by atoms with Gasteiger partial charge in [-0.2, -0.15) is 13.2 Å². The number of hydrogen-bond acceptors (Lipinski definition) is 5. The summed E-state index contributed by atoms with van der Waals surface area (Å²) in [6.45, 7) is 0.0911. The molecule has 0 radical (unpaired) electrons. The van der Waals surface area contributed by atoms with Crippen LogP contribution in [0.1, 0.15) is 15.9 Å². The number of carbonyl (C=O) groups excluding carboxylic acids is 1. The van der Waals surface area contributed by atoms with Crippen LogP contribution in [0.15, 0.2) is 47.5 Å². The van der Waals surface area contributed by atoms with E-state index in [4.69, 9.17) is 0 Å². The van der Waals surface area contributed by atoms with Crippen molar-refractivity contribution in [3.63, 3.8) is 0 Å². The Morgan fingerprint density at radius 2 is 1.77 bits per heavy atom. The van der Waals surface area contributed by atoms with Crippen LogP contribution in [0.5, 0.6) is 0 Å². The molecule has 2 aromatic rings. The number of amides is 1. The number of halogens is 3. The zero-order chi connectivity index (χ0) is 19.4. The van der Waals surface area contributed by atoms with E-state index in [1.54, 1.807) is 0 Å². The largest absolute Gasteiger partial charge is 0.419 e. The number of nitrogens with one attached hydrogen (secondary N) is 2. The first-order chi connectivity index (χ1) is 12.1. The van der Waals surface area contributed by atoms with Crippen LogP contribution in [0, 0.1) is 0 Å². The second-order valence-corrected chi connectivity index (χ2v) is 7.39. The molecule has 2 rings (SSSR count). The van der Waals surface area contributed by atoms with Crippen molar-refractivity contribution in [2.24, 2.45) is 0 Å². The quantitative estimate of drug-likeness (QED) is 0.743. The van der Waals surface area contributed by atoms with E-state index >= 15 is 0 Å². The van der Waals surface area contributed by atoms with E-state index in [0.29, 0.717) is 0 Å². The van der Waals surface area contributed by atoms with Crippen molar-refractivity contribution in [2.75, 3.05) is 24.7 Å². The van der Waals surface area contributed by atoms with Crippen LogP contribution < -0.4 is 10.6 Å². The predicted molar refractivity (Wildman–Crippen MR) is 89.6 cm³/mol. The van der Waals surface area contributed by atoms with Gasteiger partial charge in [-0.1, -0.05) is 0 Å². The lowest BCUT2D eigenvalue weighted by molar-refractivity contribution is -0.137. The lowest BCUT2D eigenvalue weighted by Gasteiger charge is -2.13. The smallest absolute Gasteiger partial charge is 0.368 e. The first-order valence-corrected chi connectivity index (χ1v) is 9.32. The Hall–Kier alpha value is -2.62. The topological polar surface area (TPSA) is 88.2 Å². The van der Waals surface area contributed by atoms with Gasteiger partial charge >= 0.3 is 6.18 Å². The molecule has 0 aliphatic heterocycles. The van der Waals surface area contributed by atoms with Crippen LogP contribution in [0.4, 0.5) is 19.0 Å². The molecule has 0 saturated heterocycles. The van der Waals surface area contributed by atoms with Gasteiger partial charge in [-0.3, -0.25) is 4.79 Å². The van der Waals surface area contributed by atoms with E-state index in [9.17, 15) is 26.4 Å². The number of aromatic nitrogens is 1. The zero-order valence-corrected chi connectivity index (χ0v) is 14.5. The number of rotatable bonds is 6. The van der Waals surface area contributed by atoms with Crippen molar-refractivity contribution < 1.29 is 26.4 Å². The summed E-state index contributed by atoms with van der Waals surface area (Å²) in [4.78, 5) is 15.7. The van der Waals surface area contributed by atoms with Crippen molar-refractivity contribution in [1.29, 1.82) is 0 Å². The van der Waals surface area contributed by atoms with E-state index in [1.165, 1.54) is 36.5 Å². The van der Waals surface area contributed by atoms with Gasteiger partial charge in [-0.15, -0.1) is 0 Å². The Bertz CT molecular complexity index is 882. The summed E-state index contributed by atoms with van der Waals surface area (Å²) in [5.41, 5.74) is -0.645. The van der Waals surface area contributed by atoms with Gasteiger partial charge in [0.05, 0.1) is 10.5 Å². The van der Waals surface area contributed by atoms with Crippen molar-refractivity contribution in [3.05, 3.63) is 53.7 Å². The van der Waals surface area contributed by atoms with E-state index in [-0.39, 0.29) is 29.4 Å². The zero-order valence-electron chi connectivity index (χ0n) is 13.7. The fraction of sp³-hybridized carbons (Fsp3) is 0.250. The molecule has 0 unspecified atom stereocenters. The van der Waals surface area contributed by atoms with Gasteiger partial charge < -0.3 is 10.6 Å². The molecule has 0 spiro atoms. The molecule has 6 nitrogen and oxygen atoms in total. The number of nitrogens with zero attached hydrogens (tertiary/aromatic N) is 1. The van der Waals surface area contributed by atoms with E-state index < -0.39 is 27.5 Å². The molecule has 0 aliphatic rings. The van der Waals surface area contributed by atoms with Gasteiger partial charge in [-0.05, 0) is 36.4 Å². The maximum absolute atomic E-state index is 12.8. The fourth-order valence-corrected chi connectivity index (χ4v) is 2.72. The average molecular weight is 387 g/mol. The molecule has 1 aromatic carbocycles. The van der Waals surface area contributed by atoms with Gasteiger partial charge in [0.15, 0.2) is 9.84 Å². The molecule has 0 atom stereocenters. The molecular weight excluding hydrogens is 371 g/mol. The Morgan fingerprint density at radius 1 is 1.12 bits per heavy atom. The molecule has 1 amide bonds. The molecule has 140 valence electrons. The monoisotopic (exact) mass is 387 g/mol. The highest BCUT2D eigenvalue weighted by atomic mass is 32.2. The number of anilines is 1. The lowest BCUT2D eigenvalue weighted by atomic mass is 10.2. The summed E-state index contributed by atoms with van der Waals surface area (Å²) in [5.74, 6) is -0.782. The van der Waals surface area contributed by atoms with Crippen LogP contribution in [0.3, 0.4) is 0 Å². The first-order valence-electron chi connectivity index (χ1n) is 7.43. The summed E-state index contributed by atoms with van der Waals surface area (Å²) in [6.07, 6.45) is -2.23. The Balaban J connectivity index is 1.90. The highest BCUT2D eigenvalue weighted by Crippen LogP contribution is 2.33. The molecular formula is C16H16F3N3O3S. The van der Waals surface area contributed by atoms with Crippen LogP contribution in [-0.2, 0) is 16.0 Å². The number of carbonyl (C=O) groups is 1. The summed E-state index contributed by atoms with van der Waals surface area (Å²) in [7, 11) is -3.35. The van der Waals surface area contributed by atoms with Gasteiger partial charge in [0, 0.05) is 31.1 Å². The molecule has 0 saturated carbocycles. The molecule has 0 fully saturated rings. The maximum Gasteiger partial charge on any atom is 0.419 e. The molecule has 1 heterocycles. The number of pyridine rings is 1. The van der Waals surface area contributed by atoms with Crippen molar-refractivity contribution in [2.45, 2.75) is 11.1 Å². The molecule has 2 N–H and O–H groups in total. The second-order valence-electron chi connectivity index (χ2n) is 5.38. The molecule has 0 aliphatic carbocycles. The summed E-state index contributed by atoms with van der Waals surface area (Å²) < 4.78 is 61.2. The number of hydrogen-bond donors (Lipinski definition) is 2. The van der Waals surface area contributed by atoms with Crippen LogP contribution in [0.25, 0.3) is 0 Å². The third-order valence-electron chi connectivity index (χ3n) is 3.36. The standard InChI is InChI=1S/C16H16F3N3O3S/c1-26(24,25)12-6-4-11(5-7-12)15(23)22-10-9-21-14-13(16(17,18)19)3-2-8-20-14/h2-8H,9-10H2,1H3,(H,20,21)(H,22,23). The van der Waals surface area contributed by atoms with Crippen LogP contribution >= 0.6 is 0 Å². The SMILES string of the molecule is CS(=O)(=O)c1ccc(C(=O)NCCNc2ncccc2C(F)(F)F)cc1. The Morgan fingerprint density at radius 3 is 2.35 bits per heavy atom. The highest BCUT2D eigenvalue weighted by molar-refractivity contribution is 7.90. The minimum Gasteiger partial charge on any atom is -0.368 e. The van der Waals surface area contributed by atoms with Gasteiger partial charge in [0.1, 0.15) is 5.82 Å². The van der Waals surface area contributed by atoms with Crippen molar-refractivity contribution >= 4 is 21.6 Å². The average Bonchev–Trinajstić information content (AvgIpc) is 2.57. The van der Waals surface area contributed by atoms with Crippen molar-refractivity contribution in [3.8, 4) is 0 Å². The van der Waals surface area contributed by atoms with Crippen molar-refractivity contribution in [1.82, 2.24) is 10.3 Å². The maximum atomic E-state index is 12.8. The summed E-state index contributed by atoms with van der Waals surface area (Å²) >= 11 is 0. The van der Waals surface area contributed by atoms with Gasteiger partial charge in [0.2, 0.25) is 0 Å². The Kier molecular flexibility index (Phi) is 5.86. The normalized spacial score (nSPS) is 11.8. The van der Waals surface area contributed by atoms with Gasteiger partial charge in [-0.25, -0.2) is 13.4 Å². The second kappa shape index (κ2) is 7.73. The van der Waals surface area contributed by atoms with E-state index in [2.05, 4.69) is 15.6 Å². The van der Waals surface area contributed by atoms with Crippen LogP contribution in [0.2, 0.25) is 0 Å². The molecule has 26 heavy (non-hydrogen) atoms. The molecule has 1 aromatic heterocycles. The summed E-state index contributed by atoms with van der Waals surface area (Å²) in [5, 5.41) is 5.06. The number of benzene rings is 1. The fourth-order valence-electron chi connectivity index (χ4n) is 2.09. The number of alkyl halides is 3. The predicted octanol–water partition coefficient (Wildman–Crippen LogP) is 2.35. The third kappa shape index (κ3) is 5.19. The van der Waals surface area contributed by atoms with E-state index in [0.717, 1.165) is 12.3 Å². The third-order valence-corrected chi connectivity index (χ3v) is 4.49. The minimum absolute atomic E-state index is 0.0350. The lowest BCUT2D eigenvalue weighted by Crippen LogP contribution is -2.29.